The summed E-state index contributed by atoms with van der Waals surface area (Å²) in [5, 5.41) is 12.8. The highest BCUT2D eigenvalue weighted by molar-refractivity contribution is 9.10. The van der Waals surface area contributed by atoms with Gasteiger partial charge in [-0.2, -0.15) is 5.10 Å². The average molecular weight is 456 g/mol. The van der Waals surface area contributed by atoms with Crippen molar-refractivity contribution in [2.24, 2.45) is 5.10 Å². The molecule has 0 bridgehead atoms. The summed E-state index contributed by atoms with van der Waals surface area (Å²) in [5.41, 5.74) is 3.83. The van der Waals surface area contributed by atoms with E-state index in [0.29, 0.717) is 5.56 Å². The zero-order valence-electron chi connectivity index (χ0n) is 14.2. The van der Waals surface area contributed by atoms with E-state index >= 15 is 0 Å². The van der Waals surface area contributed by atoms with E-state index in [9.17, 15) is 9.59 Å². The zero-order chi connectivity index (χ0) is 19.8. The fraction of sp³-hybridized carbons (Fsp3) is 0.167. The van der Waals surface area contributed by atoms with Crippen LogP contribution in [0.2, 0.25) is 5.02 Å². The van der Waals surface area contributed by atoms with Gasteiger partial charge in [0.25, 0.3) is 0 Å². The SMILES string of the molecule is COc1cc(/C=N/NC(=O)Cc2ccc(Br)cc2)cc(Cl)c1OCC(=O)O. The third-order valence-electron chi connectivity index (χ3n) is 3.27. The van der Waals surface area contributed by atoms with Crippen molar-refractivity contribution < 1.29 is 24.2 Å². The first kappa shape index (κ1) is 20.7. The van der Waals surface area contributed by atoms with Crippen LogP contribution in [-0.4, -0.2) is 36.9 Å². The van der Waals surface area contributed by atoms with Crippen molar-refractivity contribution in [3.8, 4) is 11.5 Å². The van der Waals surface area contributed by atoms with Gasteiger partial charge in [0, 0.05) is 4.47 Å². The molecule has 142 valence electrons. The molecule has 0 fully saturated rings. The Hall–Kier alpha value is -2.58. The number of ether oxygens (including phenoxy) is 2. The lowest BCUT2D eigenvalue weighted by atomic mass is 10.1. The smallest absolute Gasteiger partial charge is 0.341 e. The van der Waals surface area contributed by atoms with E-state index in [2.05, 4.69) is 26.5 Å². The number of carboxylic acid groups (broad SMARTS) is 1. The molecule has 0 aliphatic heterocycles. The number of amides is 1. The molecule has 0 saturated heterocycles. The van der Waals surface area contributed by atoms with Crippen LogP contribution in [0.25, 0.3) is 0 Å². The normalized spacial score (nSPS) is 10.6. The Labute approximate surface area is 169 Å². The summed E-state index contributed by atoms with van der Waals surface area (Å²) >= 11 is 9.44. The van der Waals surface area contributed by atoms with Crippen molar-refractivity contribution in [2.75, 3.05) is 13.7 Å². The second-order valence-electron chi connectivity index (χ2n) is 5.31. The summed E-state index contributed by atoms with van der Waals surface area (Å²) in [5.74, 6) is -1.02. The van der Waals surface area contributed by atoms with Crippen LogP contribution < -0.4 is 14.9 Å². The molecule has 0 saturated carbocycles. The molecule has 0 unspecified atom stereocenters. The molecule has 7 nitrogen and oxygen atoms in total. The molecule has 9 heteroatoms. The van der Waals surface area contributed by atoms with Crippen LogP contribution in [0.3, 0.4) is 0 Å². The predicted octanol–water partition coefficient (Wildman–Crippen LogP) is 3.27. The first-order chi connectivity index (χ1) is 12.9. The molecule has 27 heavy (non-hydrogen) atoms. The second kappa shape index (κ2) is 9.94. The Kier molecular flexibility index (Phi) is 7.63. The topological polar surface area (TPSA) is 97.2 Å². The Morgan fingerprint density at radius 3 is 2.63 bits per heavy atom. The number of hydrogen-bond acceptors (Lipinski definition) is 5. The lowest BCUT2D eigenvalue weighted by Crippen LogP contribution is -2.19. The van der Waals surface area contributed by atoms with Gasteiger partial charge in [0.1, 0.15) is 0 Å². The quantitative estimate of drug-likeness (QED) is 0.470. The molecule has 2 N–H and O–H groups in total. The maximum Gasteiger partial charge on any atom is 0.341 e. The van der Waals surface area contributed by atoms with Gasteiger partial charge in [-0.05, 0) is 35.4 Å². The molecule has 0 aliphatic carbocycles. The number of carbonyl (C=O) groups excluding carboxylic acids is 1. The minimum atomic E-state index is -1.13. The number of nitrogens with one attached hydrogen (secondary N) is 1. The van der Waals surface area contributed by atoms with Gasteiger partial charge in [0.15, 0.2) is 18.1 Å². The van der Waals surface area contributed by atoms with Crippen LogP contribution in [-0.2, 0) is 16.0 Å². The van der Waals surface area contributed by atoms with Crippen molar-refractivity contribution in [1.29, 1.82) is 0 Å². The number of methoxy groups -OCH3 is 1. The van der Waals surface area contributed by atoms with Gasteiger partial charge in [-0.25, -0.2) is 10.2 Å². The number of hydrogen-bond donors (Lipinski definition) is 2. The number of carboxylic acids is 1. The lowest BCUT2D eigenvalue weighted by molar-refractivity contribution is -0.139. The number of halogens is 2. The molecule has 0 spiro atoms. The number of carbonyl (C=O) groups is 2. The fourth-order valence-corrected chi connectivity index (χ4v) is 2.63. The van der Waals surface area contributed by atoms with Crippen molar-refractivity contribution in [3.05, 3.63) is 57.0 Å². The monoisotopic (exact) mass is 454 g/mol. The Balaban J connectivity index is 2.01. The minimum absolute atomic E-state index is 0.123. The number of nitrogens with zero attached hydrogens (tertiary/aromatic N) is 1. The minimum Gasteiger partial charge on any atom is -0.493 e. The fourth-order valence-electron chi connectivity index (χ4n) is 2.09. The first-order valence-corrected chi connectivity index (χ1v) is 8.84. The Morgan fingerprint density at radius 2 is 2.00 bits per heavy atom. The van der Waals surface area contributed by atoms with Crippen molar-refractivity contribution >= 4 is 45.6 Å². The molecule has 0 aromatic heterocycles. The van der Waals surface area contributed by atoms with Crippen LogP contribution >= 0.6 is 27.5 Å². The van der Waals surface area contributed by atoms with E-state index in [1.807, 2.05) is 24.3 Å². The number of hydrazone groups is 1. The summed E-state index contributed by atoms with van der Waals surface area (Å²) in [4.78, 5) is 22.5. The Bertz CT molecular complexity index is 856. The van der Waals surface area contributed by atoms with Crippen LogP contribution in [0.4, 0.5) is 0 Å². The van der Waals surface area contributed by atoms with Crippen LogP contribution in [0.5, 0.6) is 11.5 Å². The van der Waals surface area contributed by atoms with Gasteiger partial charge < -0.3 is 14.6 Å². The molecular weight excluding hydrogens is 440 g/mol. The maximum atomic E-state index is 11.9. The van der Waals surface area contributed by atoms with Gasteiger partial charge in [-0.3, -0.25) is 4.79 Å². The summed E-state index contributed by atoms with van der Waals surface area (Å²) in [6.45, 7) is -0.546. The van der Waals surface area contributed by atoms with E-state index in [1.54, 1.807) is 6.07 Å². The van der Waals surface area contributed by atoms with Gasteiger partial charge in [-0.15, -0.1) is 0 Å². The number of aliphatic carboxylic acids is 1. The van der Waals surface area contributed by atoms with Crippen molar-refractivity contribution in [2.45, 2.75) is 6.42 Å². The lowest BCUT2D eigenvalue weighted by Gasteiger charge is -2.11. The first-order valence-electron chi connectivity index (χ1n) is 7.67. The molecule has 2 rings (SSSR count). The van der Waals surface area contributed by atoms with Crippen LogP contribution in [0.15, 0.2) is 46.0 Å². The summed E-state index contributed by atoms with van der Waals surface area (Å²) < 4.78 is 11.2. The molecule has 2 aromatic rings. The van der Waals surface area contributed by atoms with Gasteiger partial charge in [-0.1, -0.05) is 39.7 Å². The zero-order valence-corrected chi connectivity index (χ0v) is 16.6. The molecule has 0 heterocycles. The van der Waals surface area contributed by atoms with E-state index < -0.39 is 12.6 Å². The second-order valence-corrected chi connectivity index (χ2v) is 6.64. The van der Waals surface area contributed by atoms with E-state index in [1.165, 1.54) is 19.4 Å². The van der Waals surface area contributed by atoms with E-state index in [0.717, 1.165) is 10.0 Å². The van der Waals surface area contributed by atoms with E-state index in [-0.39, 0.29) is 28.8 Å². The molecule has 0 atom stereocenters. The highest BCUT2D eigenvalue weighted by Crippen LogP contribution is 2.36. The third-order valence-corrected chi connectivity index (χ3v) is 4.08. The van der Waals surface area contributed by atoms with Crippen LogP contribution in [0.1, 0.15) is 11.1 Å². The van der Waals surface area contributed by atoms with Gasteiger partial charge in [0.2, 0.25) is 5.91 Å². The molecule has 0 radical (unpaired) electrons. The molecule has 2 aromatic carbocycles. The van der Waals surface area contributed by atoms with Gasteiger partial charge in [0.05, 0.1) is 24.8 Å². The highest BCUT2D eigenvalue weighted by Gasteiger charge is 2.13. The Morgan fingerprint density at radius 1 is 1.30 bits per heavy atom. The highest BCUT2D eigenvalue weighted by atomic mass is 79.9. The van der Waals surface area contributed by atoms with E-state index in [4.69, 9.17) is 26.2 Å². The van der Waals surface area contributed by atoms with Crippen molar-refractivity contribution in [3.63, 3.8) is 0 Å². The summed E-state index contributed by atoms with van der Waals surface area (Å²) in [6.07, 6.45) is 1.59. The molecule has 1 amide bonds. The molecular formula is C18H16BrClN2O5. The van der Waals surface area contributed by atoms with Crippen LogP contribution in [0, 0.1) is 0 Å². The van der Waals surface area contributed by atoms with Gasteiger partial charge >= 0.3 is 5.97 Å². The average Bonchev–Trinajstić information content (AvgIpc) is 2.62. The maximum absolute atomic E-state index is 11.9. The predicted molar refractivity (Wildman–Crippen MR) is 105 cm³/mol. The van der Waals surface area contributed by atoms with Crippen molar-refractivity contribution in [1.82, 2.24) is 5.43 Å². The third kappa shape index (κ3) is 6.58. The summed E-state index contributed by atoms with van der Waals surface area (Å²) in [7, 11) is 1.40. The largest absolute Gasteiger partial charge is 0.493 e. The summed E-state index contributed by atoms with van der Waals surface area (Å²) in [6, 6.07) is 10.5. The number of rotatable bonds is 8. The number of benzene rings is 2. The molecule has 0 aliphatic rings. The standard InChI is InChI=1S/C18H16BrClN2O5/c1-26-15-7-12(6-14(20)18(15)27-10-17(24)25)9-21-22-16(23)8-11-2-4-13(19)5-3-11/h2-7,9H,8,10H2,1H3,(H,22,23)(H,24,25)/b21-9+.